The minimum atomic E-state index is -0.892. The largest absolute Gasteiger partial charge is 0.493 e. The molecule has 168 valence electrons. The van der Waals surface area contributed by atoms with Gasteiger partial charge in [0.05, 0.1) is 21.3 Å². The highest BCUT2D eigenvalue weighted by atomic mass is 32.2. The highest BCUT2D eigenvalue weighted by Gasteiger charge is 2.27. The normalized spacial score (nSPS) is 12.0. The van der Waals surface area contributed by atoms with Crippen molar-refractivity contribution in [2.24, 2.45) is 5.41 Å². The van der Waals surface area contributed by atoms with Crippen LogP contribution in [0.15, 0.2) is 12.1 Å². The van der Waals surface area contributed by atoms with Gasteiger partial charge in [-0.2, -0.15) is 11.8 Å². The molecule has 1 aromatic rings. The van der Waals surface area contributed by atoms with Crippen molar-refractivity contribution in [3.8, 4) is 17.2 Å². The Hall–Kier alpha value is -2.42. The van der Waals surface area contributed by atoms with Crippen LogP contribution in [0, 0.1) is 5.41 Å². The number of hydrogen-bond donors (Lipinski definition) is 1. The molecule has 0 radical (unpaired) electrons. The molecule has 1 atom stereocenters. The summed E-state index contributed by atoms with van der Waals surface area (Å²) in [7, 11) is 4.36. The lowest BCUT2D eigenvalue weighted by molar-refractivity contribution is -0.151. The molecule has 1 rings (SSSR count). The molecule has 0 aliphatic heterocycles. The van der Waals surface area contributed by atoms with Crippen molar-refractivity contribution in [3.63, 3.8) is 0 Å². The Balaban J connectivity index is 3.00. The summed E-state index contributed by atoms with van der Waals surface area (Å²) in [5.74, 6) is 0.276. The molecule has 0 unspecified atom stereocenters. The summed E-state index contributed by atoms with van der Waals surface area (Å²) in [5, 5.41) is 2.68. The first-order valence-electron chi connectivity index (χ1n) is 9.38. The van der Waals surface area contributed by atoms with Crippen molar-refractivity contribution in [3.05, 3.63) is 17.7 Å². The number of rotatable bonds is 11. The second-order valence-electron chi connectivity index (χ2n) is 7.50. The minimum Gasteiger partial charge on any atom is -0.493 e. The Morgan fingerprint density at radius 2 is 1.60 bits per heavy atom. The third-order valence-corrected chi connectivity index (χ3v) is 4.95. The number of carbonyl (C=O) groups excluding carboxylic acids is 3. The third kappa shape index (κ3) is 7.12. The molecule has 0 aromatic heterocycles. The number of benzene rings is 1. The van der Waals surface area contributed by atoms with Gasteiger partial charge in [-0.1, -0.05) is 20.8 Å². The first-order chi connectivity index (χ1) is 14.1. The highest BCUT2D eigenvalue weighted by Crippen LogP contribution is 2.38. The molecule has 0 fully saturated rings. The molecular weight excluding hydrogens is 410 g/mol. The van der Waals surface area contributed by atoms with Gasteiger partial charge in [0.2, 0.25) is 5.75 Å². The molecule has 1 amide bonds. The molecule has 8 nitrogen and oxygen atoms in total. The Morgan fingerprint density at radius 3 is 2.03 bits per heavy atom. The van der Waals surface area contributed by atoms with Gasteiger partial charge in [0.25, 0.3) is 5.91 Å². The van der Waals surface area contributed by atoms with Crippen molar-refractivity contribution in [1.29, 1.82) is 0 Å². The average Bonchev–Trinajstić information content (AvgIpc) is 2.72. The number of thioether (sulfide) groups is 1. The van der Waals surface area contributed by atoms with E-state index in [2.05, 4.69) is 5.32 Å². The van der Waals surface area contributed by atoms with Gasteiger partial charge in [0.15, 0.2) is 23.9 Å². The molecule has 0 saturated carbocycles. The number of esters is 1. The van der Waals surface area contributed by atoms with Gasteiger partial charge in [0.1, 0.15) is 6.04 Å². The van der Waals surface area contributed by atoms with Crippen LogP contribution in [0.5, 0.6) is 17.2 Å². The number of methoxy groups -OCH3 is 3. The Bertz CT molecular complexity index is 733. The Morgan fingerprint density at radius 1 is 1.03 bits per heavy atom. The molecular formula is C21H31NO7S. The number of nitrogens with one attached hydrogen (secondary N) is 1. The van der Waals surface area contributed by atoms with E-state index in [1.807, 2.05) is 6.26 Å². The van der Waals surface area contributed by atoms with E-state index in [9.17, 15) is 14.4 Å². The number of carbonyl (C=O) groups is 3. The summed E-state index contributed by atoms with van der Waals surface area (Å²) in [6.45, 7) is 4.92. The fourth-order valence-electron chi connectivity index (χ4n) is 2.39. The topological polar surface area (TPSA) is 100 Å². The lowest BCUT2D eigenvalue weighted by Gasteiger charge is -2.20. The van der Waals surface area contributed by atoms with Crippen LogP contribution in [-0.2, 0) is 14.3 Å². The van der Waals surface area contributed by atoms with Gasteiger partial charge in [-0.15, -0.1) is 0 Å². The molecule has 0 aliphatic carbocycles. The van der Waals surface area contributed by atoms with Crippen LogP contribution in [-0.4, -0.2) is 63.6 Å². The maximum Gasteiger partial charge on any atom is 0.329 e. The number of Topliss-reactive ketones (excluding diaryl/α,β-unsaturated/α-hetero) is 1. The summed E-state index contributed by atoms with van der Waals surface area (Å²) < 4.78 is 21.0. The van der Waals surface area contributed by atoms with Crippen LogP contribution >= 0.6 is 11.8 Å². The molecule has 0 aliphatic rings. The maximum absolute atomic E-state index is 12.8. The van der Waals surface area contributed by atoms with Crippen LogP contribution in [0.1, 0.15) is 37.6 Å². The number of amides is 1. The van der Waals surface area contributed by atoms with E-state index in [1.54, 1.807) is 20.8 Å². The quantitative estimate of drug-likeness (QED) is 0.523. The predicted molar refractivity (Wildman–Crippen MR) is 116 cm³/mol. The molecule has 30 heavy (non-hydrogen) atoms. The van der Waals surface area contributed by atoms with Crippen molar-refractivity contribution in [2.75, 3.05) is 39.9 Å². The molecule has 0 spiro atoms. The van der Waals surface area contributed by atoms with E-state index in [1.165, 1.54) is 45.2 Å². The van der Waals surface area contributed by atoms with Gasteiger partial charge in [-0.05, 0) is 30.6 Å². The second-order valence-corrected chi connectivity index (χ2v) is 8.49. The fourth-order valence-corrected chi connectivity index (χ4v) is 2.86. The molecule has 0 saturated heterocycles. The first kappa shape index (κ1) is 25.6. The molecule has 9 heteroatoms. The van der Waals surface area contributed by atoms with Crippen molar-refractivity contribution in [2.45, 2.75) is 33.2 Å². The van der Waals surface area contributed by atoms with Crippen molar-refractivity contribution >= 4 is 29.4 Å². The van der Waals surface area contributed by atoms with Gasteiger partial charge in [-0.25, -0.2) is 4.79 Å². The Labute approximate surface area is 182 Å². The standard InChI is InChI=1S/C21H31NO7S/c1-21(2,3)17(23)12-29-20(25)14(8-9-30-7)22-19(24)13-10-15(26-4)18(28-6)16(11-13)27-5/h10-11,14H,8-9,12H2,1-7H3,(H,22,24)/t14-/m1/s1. The first-order valence-corrected chi connectivity index (χ1v) is 10.8. The van der Waals surface area contributed by atoms with Gasteiger partial charge in [-0.3, -0.25) is 9.59 Å². The Kier molecular flexibility index (Phi) is 9.98. The van der Waals surface area contributed by atoms with E-state index in [0.717, 1.165) is 0 Å². The predicted octanol–water partition coefficient (Wildman–Crippen LogP) is 2.72. The van der Waals surface area contributed by atoms with Gasteiger partial charge < -0.3 is 24.3 Å². The van der Waals surface area contributed by atoms with Gasteiger partial charge in [0, 0.05) is 11.0 Å². The van der Waals surface area contributed by atoms with Crippen molar-refractivity contribution < 1.29 is 33.3 Å². The van der Waals surface area contributed by atoms with E-state index in [0.29, 0.717) is 29.4 Å². The molecule has 1 N–H and O–H groups in total. The number of ketones is 1. The molecule has 1 aromatic carbocycles. The minimum absolute atomic E-state index is 0.199. The smallest absolute Gasteiger partial charge is 0.329 e. The highest BCUT2D eigenvalue weighted by molar-refractivity contribution is 7.98. The SMILES string of the molecule is COc1cc(C(=O)N[C@H](CCSC)C(=O)OCC(=O)C(C)(C)C)cc(OC)c1OC. The van der Waals surface area contributed by atoms with Crippen LogP contribution in [0.25, 0.3) is 0 Å². The van der Waals surface area contributed by atoms with Crippen molar-refractivity contribution in [1.82, 2.24) is 5.32 Å². The summed E-state index contributed by atoms with van der Waals surface area (Å²) in [6.07, 6.45) is 2.26. The number of hydrogen-bond acceptors (Lipinski definition) is 8. The third-order valence-electron chi connectivity index (χ3n) is 4.31. The maximum atomic E-state index is 12.8. The summed E-state index contributed by atoms with van der Waals surface area (Å²) in [5.41, 5.74) is -0.383. The zero-order valence-corrected chi connectivity index (χ0v) is 19.4. The van der Waals surface area contributed by atoms with Crippen LogP contribution in [0.3, 0.4) is 0 Å². The van der Waals surface area contributed by atoms with E-state index in [-0.39, 0.29) is 18.0 Å². The fraction of sp³-hybridized carbons (Fsp3) is 0.571. The van der Waals surface area contributed by atoms with Crippen LogP contribution in [0.2, 0.25) is 0 Å². The van der Waals surface area contributed by atoms with E-state index >= 15 is 0 Å². The van der Waals surface area contributed by atoms with E-state index in [4.69, 9.17) is 18.9 Å². The monoisotopic (exact) mass is 441 g/mol. The summed E-state index contributed by atoms with van der Waals surface area (Å²) in [4.78, 5) is 37.4. The van der Waals surface area contributed by atoms with Gasteiger partial charge >= 0.3 is 5.97 Å². The van der Waals surface area contributed by atoms with E-state index < -0.39 is 23.3 Å². The zero-order valence-electron chi connectivity index (χ0n) is 18.6. The summed E-state index contributed by atoms with van der Waals surface area (Å²) in [6, 6.07) is 2.10. The number of ether oxygens (including phenoxy) is 4. The van der Waals surface area contributed by atoms with Crippen LogP contribution < -0.4 is 19.5 Å². The lowest BCUT2D eigenvalue weighted by Crippen LogP contribution is -2.43. The molecule has 0 heterocycles. The second kappa shape index (κ2) is 11.7. The average molecular weight is 442 g/mol. The summed E-state index contributed by atoms with van der Waals surface area (Å²) >= 11 is 1.53. The lowest BCUT2D eigenvalue weighted by atomic mass is 9.91. The zero-order chi connectivity index (χ0) is 22.9. The van der Waals surface area contributed by atoms with Crippen LogP contribution in [0.4, 0.5) is 0 Å². The molecule has 0 bridgehead atoms.